The number of unbranched alkanes of at least 4 members (excludes halogenated alkanes) is 2. The summed E-state index contributed by atoms with van der Waals surface area (Å²) in [5, 5.41) is 4.91. The third-order valence-corrected chi connectivity index (χ3v) is 3.72. The fourth-order valence-corrected chi connectivity index (χ4v) is 2.43. The molecule has 0 radical (unpaired) electrons. The van der Waals surface area contributed by atoms with E-state index in [1.165, 1.54) is 24.2 Å². The van der Waals surface area contributed by atoms with E-state index in [2.05, 4.69) is 12.2 Å². The van der Waals surface area contributed by atoms with E-state index in [9.17, 15) is 4.79 Å². The van der Waals surface area contributed by atoms with Gasteiger partial charge in [0, 0.05) is 10.9 Å². The van der Waals surface area contributed by atoms with Crippen LogP contribution < -0.4 is 11.1 Å². The van der Waals surface area contributed by atoms with Gasteiger partial charge in [0.1, 0.15) is 6.04 Å². The molecule has 17 heavy (non-hydrogen) atoms. The van der Waals surface area contributed by atoms with Crippen LogP contribution in [0.1, 0.15) is 50.4 Å². The minimum atomic E-state index is -0.524. The number of carbonyl (C=O) groups excluding carboxylic acids is 1. The van der Waals surface area contributed by atoms with Crippen molar-refractivity contribution in [3.8, 4) is 0 Å². The van der Waals surface area contributed by atoms with Crippen molar-refractivity contribution in [2.75, 3.05) is 0 Å². The molecule has 1 amide bonds. The Kier molecular flexibility index (Phi) is 6.22. The summed E-state index contributed by atoms with van der Waals surface area (Å²) in [6.45, 7) is 4.21. The Morgan fingerprint density at radius 1 is 1.53 bits per heavy atom. The van der Waals surface area contributed by atoms with Gasteiger partial charge in [-0.2, -0.15) is 0 Å². The average Bonchev–Trinajstić information content (AvgIpc) is 2.81. The number of nitrogens with one attached hydrogen (secondary N) is 1. The molecule has 0 aliphatic heterocycles. The third-order valence-electron chi connectivity index (χ3n) is 2.76. The Balaban J connectivity index is 2.33. The fourth-order valence-electron chi connectivity index (χ4n) is 1.70. The molecule has 0 aliphatic rings. The molecule has 0 saturated carbocycles. The summed E-state index contributed by atoms with van der Waals surface area (Å²) in [6.07, 6.45) is 4.61. The van der Waals surface area contributed by atoms with Crippen LogP contribution in [0, 0.1) is 0 Å². The molecule has 4 heteroatoms. The summed E-state index contributed by atoms with van der Waals surface area (Å²) in [5.41, 5.74) is 5.88. The van der Waals surface area contributed by atoms with Crippen LogP contribution in [0.2, 0.25) is 0 Å². The topological polar surface area (TPSA) is 55.1 Å². The van der Waals surface area contributed by atoms with E-state index in [0.29, 0.717) is 0 Å². The molecule has 2 atom stereocenters. The summed E-state index contributed by atoms with van der Waals surface area (Å²) in [4.78, 5) is 12.8. The number of nitrogens with two attached hydrogens (primary N) is 1. The minimum Gasteiger partial charge on any atom is -0.352 e. The molecular weight excluding hydrogens is 232 g/mol. The van der Waals surface area contributed by atoms with Gasteiger partial charge in [0.15, 0.2) is 0 Å². The molecule has 0 saturated heterocycles. The summed E-state index contributed by atoms with van der Waals surface area (Å²) < 4.78 is 0. The molecule has 0 fully saturated rings. The Morgan fingerprint density at radius 3 is 2.88 bits per heavy atom. The summed E-state index contributed by atoms with van der Waals surface area (Å²) in [5.74, 6) is -0.0727. The van der Waals surface area contributed by atoms with Crippen LogP contribution in [0.25, 0.3) is 0 Å². The number of rotatable bonds is 7. The van der Waals surface area contributed by atoms with Crippen molar-refractivity contribution in [3.05, 3.63) is 22.4 Å². The van der Waals surface area contributed by atoms with Gasteiger partial charge >= 0.3 is 0 Å². The normalized spacial score (nSPS) is 14.3. The van der Waals surface area contributed by atoms with Crippen LogP contribution in [0.3, 0.4) is 0 Å². The highest BCUT2D eigenvalue weighted by Crippen LogP contribution is 2.17. The largest absolute Gasteiger partial charge is 0.352 e. The van der Waals surface area contributed by atoms with Crippen LogP contribution in [0.5, 0.6) is 0 Å². The zero-order chi connectivity index (χ0) is 12.7. The zero-order valence-electron chi connectivity index (χ0n) is 10.6. The highest BCUT2D eigenvalue weighted by atomic mass is 32.1. The first kappa shape index (κ1) is 14.2. The minimum absolute atomic E-state index is 0.0727. The first-order chi connectivity index (χ1) is 8.15. The van der Waals surface area contributed by atoms with Gasteiger partial charge in [-0.25, -0.2) is 0 Å². The van der Waals surface area contributed by atoms with Gasteiger partial charge in [0.2, 0.25) is 5.91 Å². The predicted molar refractivity (Wildman–Crippen MR) is 73.0 cm³/mol. The van der Waals surface area contributed by atoms with Crippen LogP contribution in [0.15, 0.2) is 17.5 Å². The first-order valence-corrected chi connectivity index (χ1v) is 7.12. The lowest BCUT2D eigenvalue weighted by atomic mass is 10.1. The summed E-state index contributed by atoms with van der Waals surface area (Å²) in [7, 11) is 0. The molecule has 0 bridgehead atoms. The lowest BCUT2D eigenvalue weighted by Crippen LogP contribution is -2.39. The number of amides is 1. The smallest absolute Gasteiger partial charge is 0.242 e. The summed E-state index contributed by atoms with van der Waals surface area (Å²) >= 11 is 1.52. The monoisotopic (exact) mass is 254 g/mol. The van der Waals surface area contributed by atoms with Gasteiger partial charge in [-0.3, -0.25) is 4.79 Å². The molecule has 1 heterocycles. The fraction of sp³-hybridized carbons (Fsp3) is 0.615. The second-order valence-corrected chi connectivity index (χ2v) is 5.38. The number of hydrogen-bond donors (Lipinski definition) is 2. The van der Waals surface area contributed by atoms with Gasteiger partial charge in [-0.1, -0.05) is 32.3 Å². The van der Waals surface area contributed by atoms with E-state index < -0.39 is 6.04 Å². The molecule has 0 aromatic carbocycles. The molecule has 1 aromatic rings. The van der Waals surface area contributed by atoms with E-state index >= 15 is 0 Å². The van der Waals surface area contributed by atoms with Crippen LogP contribution in [-0.2, 0) is 4.79 Å². The standard InChI is InChI=1S/C13H22N2OS/c1-3-4-5-7-10(2)15-13(16)12(14)11-8-6-9-17-11/h6,8-10,12H,3-5,7,14H2,1-2H3,(H,15,16). The van der Waals surface area contributed by atoms with Crippen molar-refractivity contribution < 1.29 is 4.79 Å². The highest BCUT2D eigenvalue weighted by molar-refractivity contribution is 7.10. The van der Waals surface area contributed by atoms with E-state index in [4.69, 9.17) is 5.73 Å². The van der Waals surface area contributed by atoms with Crippen molar-refractivity contribution in [2.45, 2.75) is 51.6 Å². The van der Waals surface area contributed by atoms with Crippen molar-refractivity contribution in [3.63, 3.8) is 0 Å². The maximum atomic E-state index is 11.9. The third kappa shape index (κ3) is 4.88. The van der Waals surface area contributed by atoms with E-state index in [0.717, 1.165) is 17.7 Å². The lowest BCUT2D eigenvalue weighted by molar-refractivity contribution is -0.123. The van der Waals surface area contributed by atoms with Crippen molar-refractivity contribution in [2.24, 2.45) is 5.73 Å². The predicted octanol–water partition coefficient (Wildman–Crippen LogP) is 2.83. The van der Waals surface area contributed by atoms with Gasteiger partial charge < -0.3 is 11.1 Å². The zero-order valence-corrected chi connectivity index (χ0v) is 11.4. The molecule has 96 valence electrons. The first-order valence-electron chi connectivity index (χ1n) is 6.24. The van der Waals surface area contributed by atoms with Gasteiger partial charge in [-0.05, 0) is 24.8 Å². The maximum Gasteiger partial charge on any atom is 0.242 e. The number of thiophene rings is 1. The average molecular weight is 254 g/mol. The van der Waals surface area contributed by atoms with Crippen LogP contribution in [-0.4, -0.2) is 11.9 Å². The quantitative estimate of drug-likeness (QED) is 0.735. The summed E-state index contributed by atoms with van der Waals surface area (Å²) in [6, 6.07) is 3.50. The maximum absolute atomic E-state index is 11.9. The molecule has 1 rings (SSSR count). The molecular formula is C13H22N2OS. The van der Waals surface area contributed by atoms with Crippen molar-refractivity contribution >= 4 is 17.2 Å². The molecule has 0 aliphatic carbocycles. The van der Waals surface area contributed by atoms with Crippen LogP contribution >= 0.6 is 11.3 Å². The molecule has 1 aromatic heterocycles. The Hall–Kier alpha value is -0.870. The Morgan fingerprint density at radius 2 is 2.29 bits per heavy atom. The van der Waals surface area contributed by atoms with Gasteiger partial charge in [0.05, 0.1) is 0 Å². The number of carbonyl (C=O) groups is 1. The van der Waals surface area contributed by atoms with Gasteiger partial charge in [-0.15, -0.1) is 11.3 Å². The second-order valence-electron chi connectivity index (χ2n) is 4.40. The van der Waals surface area contributed by atoms with Crippen molar-refractivity contribution in [1.82, 2.24) is 5.32 Å². The molecule has 2 unspecified atom stereocenters. The molecule has 3 nitrogen and oxygen atoms in total. The Labute approximate surface area is 107 Å². The number of hydrogen-bond acceptors (Lipinski definition) is 3. The van der Waals surface area contributed by atoms with E-state index in [-0.39, 0.29) is 11.9 Å². The van der Waals surface area contributed by atoms with E-state index in [1.54, 1.807) is 0 Å². The molecule has 3 N–H and O–H groups in total. The molecule has 0 spiro atoms. The van der Waals surface area contributed by atoms with Gasteiger partial charge in [0.25, 0.3) is 0 Å². The lowest BCUT2D eigenvalue weighted by Gasteiger charge is -2.16. The highest BCUT2D eigenvalue weighted by Gasteiger charge is 2.17. The van der Waals surface area contributed by atoms with E-state index in [1.807, 2.05) is 24.4 Å². The van der Waals surface area contributed by atoms with Crippen LogP contribution in [0.4, 0.5) is 0 Å². The SMILES string of the molecule is CCCCCC(C)NC(=O)C(N)c1cccs1. The van der Waals surface area contributed by atoms with Crippen molar-refractivity contribution in [1.29, 1.82) is 0 Å². The Bertz CT molecular complexity index is 324. The second kappa shape index (κ2) is 7.45.